The van der Waals surface area contributed by atoms with Crippen molar-refractivity contribution in [2.75, 3.05) is 0 Å². The molecule has 3 atom stereocenters. The summed E-state index contributed by atoms with van der Waals surface area (Å²) in [7, 11) is -3.53. The molecule has 4 nitrogen and oxygen atoms in total. The molecule has 136 valence electrons. The molecule has 2 aromatic rings. The average molecular weight is 370 g/mol. The second-order valence-electron chi connectivity index (χ2n) is 7.06. The SMILES string of the molecule is C[C@]1(OCc2ccccc2)CC[C@@H]2O[C@H]1C=C2S(=O)(=O)c1ccccc1. The molecule has 2 bridgehead atoms. The number of rotatable bonds is 5. The van der Waals surface area contributed by atoms with E-state index in [0.29, 0.717) is 22.8 Å². The van der Waals surface area contributed by atoms with Crippen molar-refractivity contribution < 1.29 is 17.9 Å². The first-order valence-corrected chi connectivity index (χ1v) is 10.3. The van der Waals surface area contributed by atoms with Crippen LogP contribution in [-0.2, 0) is 25.9 Å². The molecule has 26 heavy (non-hydrogen) atoms. The van der Waals surface area contributed by atoms with Gasteiger partial charge in [0.2, 0.25) is 9.84 Å². The second-order valence-corrected chi connectivity index (χ2v) is 9.01. The lowest BCUT2D eigenvalue weighted by Gasteiger charge is -2.39. The summed E-state index contributed by atoms with van der Waals surface area (Å²) in [5, 5.41) is 0. The Bertz CT molecular complexity index is 906. The van der Waals surface area contributed by atoms with E-state index in [4.69, 9.17) is 9.47 Å². The molecule has 1 fully saturated rings. The third-order valence-corrected chi connectivity index (χ3v) is 7.14. The summed E-state index contributed by atoms with van der Waals surface area (Å²) >= 11 is 0. The molecule has 0 aromatic heterocycles. The van der Waals surface area contributed by atoms with E-state index in [9.17, 15) is 8.42 Å². The van der Waals surface area contributed by atoms with Gasteiger partial charge < -0.3 is 9.47 Å². The predicted molar refractivity (Wildman–Crippen MR) is 99.2 cm³/mol. The molecule has 2 aromatic carbocycles. The fraction of sp³-hybridized carbons (Fsp3) is 0.333. The van der Waals surface area contributed by atoms with Gasteiger partial charge in [-0.3, -0.25) is 0 Å². The van der Waals surface area contributed by atoms with E-state index in [2.05, 4.69) is 0 Å². The number of ether oxygens (including phenoxy) is 2. The lowest BCUT2D eigenvalue weighted by atomic mass is 9.91. The molecule has 0 amide bonds. The third-order valence-electron chi connectivity index (χ3n) is 5.22. The van der Waals surface area contributed by atoms with Crippen LogP contribution in [0.1, 0.15) is 25.3 Å². The summed E-state index contributed by atoms with van der Waals surface area (Å²) in [4.78, 5) is 0.690. The Balaban J connectivity index is 1.57. The van der Waals surface area contributed by atoms with Gasteiger partial charge >= 0.3 is 0 Å². The average Bonchev–Trinajstić information content (AvgIpc) is 3.07. The summed E-state index contributed by atoms with van der Waals surface area (Å²) in [6.07, 6.45) is 2.43. The van der Waals surface area contributed by atoms with Crippen molar-refractivity contribution in [2.24, 2.45) is 0 Å². The summed E-state index contributed by atoms with van der Waals surface area (Å²) < 4.78 is 38.2. The van der Waals surface area contributed by atoms with Crippen molar-refractivity contribution in [2.45, 2.75) is 49.1 Å². The largest absolute Gasteiger partial charge is 0.368 e. The van der Waals surface area contributed by atoms with Crippen LogP contribution < -0.4 is 0 Å². The molecule has 0 radical (unpaired) electrons. The lowest BCUT2D eigenvalue weighted by molar-refractivity contribution is -0.162. The Morgan fingerprint density at radius 1 is 1.08 bits per heavy atom. The molecule has 2 aliphatic heterocycles. The van der Waals surface area contributed by atoms with Gasteiger partial charge in [0, 0.05) is 0 Å². The predicted octanol–water partition coefficient (Wildman–Crippen LogP) is 3.88. The maximum absolute atomic E-state index is 13.0. The van der Waals surface area contributed by atoms with Gasteiger partial charge in [-0.1, -0.05) is 48.5 Å². The zero-order valence-corrected chi connectivity index (χ0v) is 15.5. The number of hydrogen-bond donors (Lipinski definition) is 0. The zero-order valence-electron chi connectivity index (χ0n) is 14.7. The normalized spacial score (nSPS) is 28.0. The molecule has 2 aliphatic rings. The summed E-state index contributed by atoms with van der Waals surface area (Å²) in [5.41, 5.74) is 0.565. The monoisotopic (exact) mass is 370 g/mol. The van der Waals surface area contributed by atoms with Gasteiger partial charge in [0.1, 0.15) is 6.10 Å². The zero-order chi connectivity index (χ0) is 18.2. The number of hydrogen-bond acceptors (Lipinski definition) is 4. The van der Waals surface area contributed by atoms with Crippen LogP contribution in [-0.4, -0.2) is 26.2 Å². The van der Waals surface area contributed by atoms with Gasteiger partial charge in [-0.25, -0.2) is 8.42 Å². The van der Waals surface area contributed by atoms with Crippen molar-refractivity contribution >= 4 is 9.84 Å². The third kappa shape index (κ3) is 3.11. The number of fused-ring (bicyclic) bond motifs is 2. The van der Waals surface area contributed by atoms with Gasteiger partial charge in [0.05, 0.1) is 28.1 Å². The van der Waals surface area contributed by atoms with Crippen molar-refractivity contribution in [3.8, 4) is 0 Å². The molecule has 1 saturated heterocycles. The van der Waals surface area contributed by atoms with Crippen molar-refractivity contribution in [1.29, 1.82) is 0 Å². The molecule has 2 heterocycles. The summed E-state index contributed by atoms with van der Waals surface area (Å²) in [6.45, 7) is 2.49. The molecule has 0 N–H and O–H groups in total. The van der Waals surface area contributed by atoms with E-state index >= 15 is 0 Å². The van der Waals surface area contributed by atoms with Crippen LogP contribution in [0.15, 0.2) is 76.5 Å². The smallest absolute Gasteiger partial charge is 0.205 e. The minimum atomic E-state index is -3.53. The topological polar surface area (TPSA) is 52.6 Å². The molecular weight excluding hydrogens is 348 g/mol. The van der Waals surface area contributed by atoms with Gasteiger partial charge in [-0.15, -0.1) is 0 Å². The molecule has 5 heteroatoms. The Kier molecular flexibility index (Phi) is 4.47. The van der Waals surface area contributed by atoms with Gasteiger partial charge in [0.25, 0.3) is 0 Å². The second kappa shape index (κ2) is 6.65. The van der Waals surface area contributed by atoms with E-state index in [1.165, 1.54) is 0 Å². The molecule has 0 aliphatic carbocycles. The highest BCUT2D eigenvalue weighted by atomic mass is 32.2. The fourth-order valence-corrected chi connectivity index (χ4v) is 5.22. The summed E-state index contributed by atoms with van der Waals surface area (Å²) in [5.74, 6) is 0. The highest BCUT2D eigenvalue weighted by Gasteiger charge is 2.49. The Labute approximate surface area is 154 Å². The molecule has 0 spiro atoms. The quantitative estimate of drug-likeness (QED) is 0.801. The Morgan fingerprint density at radius 2 is 1.73 bits per heavy atom. The van der Waals surface area contributed by atoms with Gasteiger partial charge in [0.15, 0.2) is 0 Å². The van der Waals surface area contributed by atoms with Crippen molar-refractivity contribution in [3.05, 3.63) is 77.2 Å². The first-order valence-electron chi connectivity index (χ1n) is 8.84. The van der Waals surface area contributed by atoms with Crippen LogP contribution in [0.25, 0.3) is 0 Å². The van der Waals surface area contributed by atoms with Crippen LogP contribution in [0.3, 0.4) is 0 Å². The fourth-order valence-electron chi connectivity index (χ4n) is 3.61. The maximum atomic E-state index is 13.0. The molecule has 0 saturated carbocycles. The Morgan fingerprint density at radius 3 is 2.42 bits per heavy atom. The van der Waals surface area contributed by atoms with E-state index in [1.54, 1.807) is 30.3 Å². The van der Waals surface area contributed by atoms with Crippen LogP contribution in [0, 0.1) is 0 Å². The molecule has 4 rings (SSSR count). The molecular formula is C21H22O4S. The van der Waals surface area contributed by atoms with E-state index in [-0.39, 0.29) is 12.2 Å². The minimum absolute atomic E-state index is 0.314. The van der Waals surface area contributed by atoms with Crippen molar-refractivity contribution in [3.63, 3.8) is 0 Å². The van der Waals surface area contributed by atoms with Gasteiger partial charge in [-0.2, -0.15) is 0 Å². The highest BCUT2D eigenvalue weighted by Crippen LogP contribution is 2.43. The number of benzene rings is 2. The first-order chi connectivity index (χ1) is 12.5. The van der Waals surface area contributed by atoms with Crippen LogP contribution in [0.2, 0.25) is 0 Å². The minimum Gasteiger partial charge on any atom is -0.368 e. The Hall–Kier alpha value is -1.95. The number of sulfone groups is 1. The van der Waals surface area contributed by atoms with E-state index < -0.39 is 15.4 Å². The molecule has 0 unspecified atom stereocenters. The van der Waals surface area contributed by atoms with E-state index in [1.807, 2.05) is 43.3 Å². The van der Waals surface area contributed by atoms with Gasteiger partial charge in [-0.05, 0) is 43.5 Å². The first kappa shape index (κ1) is 17.5. The van der Waals surface area contributed by atoms with E-state index in [0.717, 1.165) is 12.0 Å². The van der Waals surface area contributed by atoms with Crippen LogP contribution in [0.4, 0.5) is 0 Å². The van der Waals surface area contributed by atoms with Crippen LogP contribution >= 0.6 is 0 Å². The maximum Gasteiger partial charge on any atom is 0.205 e. The summed E-state index contributed by atoms with van der Waals surface area (Å²) in [6, 6.07) is 18.5. The standard InChI is InChI=1S/C21H22O4S/c1-21(24-15-16-8-4-2-5-9-16)13-12-18-19(14-20(21)25-18)26(22,23)17-10-6-3-7-11-17/h2-11,14,18,20H,12-13,15H2,1H3/t18-,20-,21-/m0/s1. The lowest BCUT2D eigenvalue weighted by Crippen LogP contribution is -2.46. The van der Waals surface area contributed by atoms with Crippen LogP contribution in [0.5, 0.6) is 0 Å². The van der Waals surface area contributed by atoms with Crippen molar-refractivity contribution in [1.82, 2.24) is 0 Å². The highest BCUT2D eigenvalue weighted by molar-refractivity contribution is 7.95.